The average molecular weight is 256 g/mol. The highest BCUT2D eigenvalue weighted by atomic mass is 35.5. The van der Waals surface area contributed by atoms with Crippen LogP contribution in [0.4, 0.5) is 13.2 Å². The molecule has 0 saturated heterocycles. The molecule has 90 valence electrons. The lowest BCUT2D eigenvalue weighted by Crippen LogP contribution is -2.16. The van der Waals surface area contributed by atoms with Crippen molar-refractivity contribution in [2.75, 3.05) is 0 Å². The number of carboxylic acids is 1. The minimum Gasteiger partial charge on any atom is -0.480 e. The fourth-order valence-electron chi connectivity index (χ4n) is 1.32. The number of aliphatic carboxylic acids is 1. The summed E-state index contributed by atoms with van der Waals surface area (Å²) < 4.78 is 38.4. The van der Waals surface area contributed by atoms with Gasteiger partial charge in [0.15, 0.2) is 0 Å². The van der Waals surface area contributed by atoms with Crippen LogP contribution in [0.5, 0.6) is 0 Å². The Morgan fingerprint density at radius 3 is 2.38 bits per heavy atom. The summed E-state index contributed by atoms with van der Waals surface area (Å²) in [6, 6.07) is -1.09. The number of hydrogen-bond donors (Lipinski definition) is 1. The van der Waals surface area contributed by atoms with Crippen LogP contribution in [-0.2, 0) is 11.0 Å². The molecule has 1 rings (SSSR count). The monoisotopic (exact) mass is 255 g/mol. The fraction of sp³-hybridized carbons (Fsp3) is 0.444. The molecule has 1 heterocycles. The Balaban J connectivity index is 3.30. The molecule has 1 atom stereocenters. The predicted octanol–water partition coefficient (Wildman–Crippen LogP) is 3.11. The quantitative estimate of drug-likeness (QED) is 0.882. The smallest absolute Gasteiger partial charge is 0.419 e. The molecule has 0 saturated carbocycles. The van der Waals surface area contributed by atoms with Crippen molar-refractivity contribution in [1.29, 1.82) is 0 Å². The van der Waals surface area contributed by atoms with Crippen molar-refractivity contribution in [1.82, 2.24) is 4.57 Å². The van der Waals surface area contributed by atoms with Crippen LogP contribution in [0.15, 0.2) is 6.20 Å². The first-order valence-electron chi connectivity index (χ1n) is 4.33. The zero-order valence-corrected chi connectivity index (χ0v) is 9.23. The lowest BCUT2D eigenvalue weighted by atomic mass is 10.3. The third kappa shape index (κ3) is 2.16. The predicted molar refractivity (Wildman–Crippen MR) is 51.5 cm³/mol. The number of carboxylic acid groups (broad SMARTS) is 1. The number of aromatic nitrogens is 1. The first-order valence-corrected chi connectivity index (χ1v) is 4.71. The van der Waals surface area contributed by atoms with Gasteiger partial charge < -0.3 is 9.67 Å². The van der Waals surface area contributed by atoms with Crippen molar-refractivity contribution in [2.45, 2.75) is 26.1 Å². The molecule has 0 aromatic carbocycles. The van der Waals surface area contributed by atoms with Gasteiger partial charge in [0.2, 0.25) is 0 Å². The van der Waals surface area contributed by atoms with Gasteiger partial charge in [-0.3, -0.25) is 0 Å². The fourth-order valence-corrected chi connectivity index (χ4v) is 1.57. The van der Waals surface area contributed by atoms with Crippen molar-refractivity contribution in [2.24, 2.45) is 0 Å². The first-order chi connectivity index (χ1) is 7.16. The van der Waals surface area contributed by atoms with Crippen LogP contribution >= 0.6 is 11.6 Å². The maximum atomic E-state index is 12.5. The lowest BCUT2D eigenvalue weighted by Gasteiger charge is -2.10. The molecule has 0 fully saturated rings. The Morgan fingerprint density at radius 1 is 1.56 bits per heavy atom. The van der Waals surface area contributed by atoms with E-state index in [1.165, 1.54) is 13.8 Å². The van der Waals surface area contributed by atoms with Gasteiger partial charge in [-0.1, -0.05) is 11.6 Å². The van der Waals surface area contributed by atoms with E-state index >= 15 is 0 Å². The van der Waals surface area contributed by atoms with Gasteiger partial charge in [-0.2, -0.15) is 13.2 Å². The molecule has 16 heavy (non-hydrogen) atoms. The zero-order chi connectivity index (χ0) is 12.7. The molecule has 0 radical (unpaired) electrons. The van der Waals surface area contributed by atoms with Crippen LogP contribution in [0, 0.1) is 6.92 Å². The van der Waals surface area contributed by atoms with E-state index in [1.807, 2.05) is 0 Å². The Hall–Kier alpha value is -1.17. The van der Waals surface area contributed by atoms with Gasteiger partial charge in [0.25, 0.3) is 0 Å². The third-order valence-electron chi connectivity index (χ3n) is 2.29. The number of hydrogen-bond acceptors (Lipinski definition) is 1. The minimum atomic E-state index is -4.58. The maximum absolute atomic E-state index is 12.5. The van der Waals surface area contributed by atoms with Crippen LogP contribution in [0.3, 0.4) is 0 Å². The van der Waals surface area contributed by atoms with E-state index in [0.29, 0.717) is 0 Å². The van der Waals surface area contributed by atoms with Crippen LogP contribution in [0.25, 0.3) is 0 Å². The van der Waals surface area contributed by atoms with E-state index in [9.17, 15) is 18.0 Å². The maximum Gasteiger partial charge on any atom is 0.419 e. The molecule has 1 aromatic heterocycles. The average Bonchev–Trinajstić information content (AvgIpc) is 2.42. The third-order valence-corrected chi connectivity index (χ3v) is 2.77. The van der Waals surface area contributed by atoms with Gasteiger partial charge in [0.05, 0.1) is 10.6 Å². The van der Waals surface area contributed by atoms with E-state index in [4.69, 9.17) is 16.7 Å². The molecule has 1 aromatic rings. The summed E-state index contributed by atoms with van der Waals surface area (Å²) in [5.41, 5.74) is -0.927. The molecule has 1 N–H and O–H groups in total. The summed E-state index contributed by atoms with van der Waals surface area (Å²) in [6.45, 7) is 2.63. The van der Waals surface area contributed by atoms with E-state index < -0.39 is 28.8 Å². The summed E-state index contributed by atoms with van der Waals surface area (Å²) in [7, 11) is 0. The molecule has 0 aliphatic rings. The standard InChI is InChI=1S/C9H9ClF3NO2/c1-4-7(10)6(9(11,12)13)3-14(4)5(2)8(15)16/h3,5H,1-2H3,(H,15,16). The Morgan fingerprint density at radius 2 is 2.06 bits per heavy atom. The van der Waals surface area contributed by atoms with Gasteiger partial charge in [-0.05, 0) is 13.8 Å². The van der Waals surface area contributed by atoms with Crippen molar-refractivity contribution in [3.05, 3.63) is 22.5 Å². The summed E-state index contributed by atoms with van der Waals surface area (Å²) in [4.78, 5) is 10.7. The van der Waals surface area contributed by atoms with Crippen molar-refractivity contribution in [3.63, 3.8) is 0 Å². The lowest BCUT2D eigenvalue weighted by molar-refractivity contribution is -0.141. The molecule has 7 heteroatoms. The number of halogens is 4. The van der Waals surface area contributed by atoms with Crippen molar-refractivity contribution in [3.8, 4) is 0 Å². The summed E-state index contributed by atoms with van der Waals surface area (Å²) >= 11 is 5.51. The van der Waals surface area contributed by atoms with Crippen molar-refractivity contribution >= 4 is 17.6 Å². The van der Waals surface area contributed by atoms with Crippen molar-refractivity contribution < 1.29 is 23.1 Å². The van der Waals surface area contributed by atoms with E-state index in [2.05, 4.69) is 0 Å². The highest BCUT2D eigenvalue weighted by Crippen LogP contribution is 2.38. The Labute approximate surface area is 94.4 Å². The number of rotatable bonds is 2. The van der Waals surface area contributed by atoms with Gasteiger partial charge in [0.1, 0.15) is 6.04 Å². The normalized spacial score (nSPS) is 13.9. The van der Waals surface area contributed by atoms with E-state index in [-0.39, 0.29) is 5.69 Å². The van der Waals surface area contributed by atoms with Gasteiger partial charge in [-0.15, -0.1) is 0 Å². The SMILES string of the molecule is Cc1c(Cl)c(C(F)(F)F)cn1C(C)C(=O)O. The first kappa shape index (κ1) is 12.9. The van der Waals surface area contributed by atoms with Gasteiger partial charge in [-0.25, -0.2) is 4.79 Å². The highest BCUT2D eigenvalue weighted by Gasteiger charge is 2.36. The Kier molecular flexibility index (Phi) is 3.23. The molecular formula is C9H9ClF3NO2. The van der Waals surface area contributed by atoms with Gasteiger partial charge in [0, 0.05) is 11.9 Å². The van der Waals surface area contributed by atoms with E-state index in [1.54, 1.807) is 0 Å². The van der Waals surface area contributed by atoms with E-state index in [0.717, 1.165) is 10.8 Å². The van der Waals surface area contributed by atoms with Crippen LogP contribution in [0.2, 0.25) is 5.02 Å². The molecule has 0 spiro atoms. The zero-order valence-electron chi connectivity index (χ0n) is 8.47. The molecule has 3 nitrogen and oxygen atoms in total. The van der Waals surface area contributed by atoms with Crippen LogP contribution in [0.1, 0.15) is 24.2 Å². The molecule has 0 aliphatic heterocycles. The molecule has 0 bridgehead atoms. The summed E-state index contributed by atoms with van der Waals surface area (Å²) in [5, 5.41) is 8.26. The summed E-state index contributed by atoms with van der Waals surface area (Å²) in [6.07, 6.45) is -3.86. The second-order valence-corrected chi connectivity index (χ2v) is 3.74. The minimum absolute atomic E-state index is 0.0869. The molecule has 0 amide bonds. The molecule has 0 aliphatic carbocycles. The van der Waals surface area contributed by atoms with Gasteiger partial charge >= 0.3 is 12.1 Å². The Bertz CT molecular complexity index is 425. The molecular weight excluding hydrogens is 247 g/mol. The summed E-state index contributed by atoms with van der Waals surface area (Å²) in [5.74, 6) is -1.22. The number of carbonyl (C=O) groups is 1. The van der Waals surface area contributed by atoms with Crippen LogP contribution < -0.4 is 0 Å². The van der Waals surface area contributed by atoms with Crippen LogP contribution in [-0.4, -0.2) is 15.6 Å². The second kappa shape index (κ2) is 4.01. The number of nitrogens with zero attached hydrogens (tertiary/aromatic N) is 1. The largest absolute Gasteiger partial charge is 0.480 e. The topological polar surface area (TPSA) is 42.2 Å². The highest BCUT2D eigenvalue weighted by molar-refractivity contribution is 6.32. The second-order valence-electron chi connectivity index (χ2n) is 3.36. The molecule has 1 unspecified atom stereocenters. The number of alkyl halides is 3.